The van der Waals surface area contributed by atoms with Crippen LogP contribution in [0, 0.1) is 12.7 Å². The molecule has 120 valence electrons. The van der Waals surface area contributed by atoms with Crippen LogP contribution in [0.4, 0.5) is 10.1 Å². The first-order valence-electron chi connectivity index (χ1n) is 6.80. The average molecular weight is 352 g/mol. The second-order valence-corrected chi connectivity index (χ2v) is 5.71. The molecule has 0 unspecified atom stereocenters. The predicted octanol–water partition coefficient (Wildman–Crippen LogP) is 3.35. The molecule has 4 nitrogen and oxygen atoms in total. The number of benzene rings is 2. The SMILES string of the molecule is Cc1ccc(NC(=S)NNC(=O)Cc2ccc(F)cc2)cc1Cl. The standard InChI is InChI=1S/C16H15ClFN3OS/c1-10-2-7-13(9-14(10)17)19-16(23)21-20-15(22)8-11-3-5-12(18)6-4-11/h2-7,9H,8H2,1H3,(H,20,22)(H2,19,21,23). The molecule has 0 saturated carbocycles. The van der Waals surface area contributed by atoms with Crippen LogP contribution in [-0.2, 0) is 11.2 Å². The number of amides is 1. The van der Waals surface area contributed by atoms with Crippen molar-refractivity contribution in [2.75, 3.05) is 5.32 Å². The molecule has 0 bridgehead atoms. The van der Waals surface area contributed by atoms with Gasteiger partial charge in [0, 0.05) is 10.7 Å². The monoisotopic (exact) mass is 351 g/mol. The Balaban J connectivity index is 1.80. The third-order valence-electron chi connectivity index (χ3n) is 3.02. The van der Waals surface area contributed by atoms with Crippen molar-refractivity contribution in [2.24, 2.45) is 0 Å². The fourth-order valence-electron chi connectivity index (χ4n) is 1.79. The van der Waals surface area contributed by atoms with Crippen LogP contribution in [0.25, 0.3) is 0 Å². The number of carbonyl (C=O) groups is 1. The third kappa shape index (κ3) is 5.50. The van der Waals surface area contributed by atoms with Crippen LogP contribution in [0.15, 0.2) is 42.5 Å². The number of aryl methyl sites for hydroxylation is 1. The van der Waals surface area contributed by atoms with Gasteiger partial charge in [-0.05, 0) is 54.5 Å². The second kappa shape index (κ2) is 7.89. The highest BCUT2D eigenvalue weighted by Crippen LogP contribution is 2.19. The fraction of sp³-hybridized carbons (Fsp3) is 0.125. The van der Waals surface area contributed by atoms with E-state index in [2.05, 4.69) is 16.2 Å². The Bertz CT molecular complexity index is 722. The highest BCUT2D eigenvalue weighted by atomic mass is 35.5. The number of hydrazine groups is 1. The molecule has 1 amide bonds. The molecule has 0 saturated heterocycles. The summed E-state index contributed by atoms with van der Waals surface area (Å²) in [7, 11) is 0. The number of hydrogen-bond donors (Lipinski definition) is 3. The molecule has 23 heavy (non-hydrogen) atoms. The topological polar surface area (TPSA) is 53.2 Å². The zero-order valence-electron chi connectivity index (χ0n) is 12.3. The number of nitrogens with one attached hydrogen (secondary N) is 3. The van der Waals surface area contributed by atoms with Crippen LogP contribution in [-0.4, -0.2) is 11.0 Å². The fourth-order valence-corrected chi connectivity index (χ4v) is 2.14. The van der Waals surface area contributed by atoms with Gasteiger partial charge in [-0.1, -0.05) is 29.8 Å². The maximum atomic E-state index is 12.8. The van der Waals surface area contributed by atoms with Gasteiger partial charge in [0.25, 0.3) is 0 Å². The highest BCUT2D eigenvalue weighted by Gasteiger charge is 2.05. The molecule has 0 heterocycles. The summed E-state index contributed by atoms with van der Waals surface area (Å²) in [6.07, 6.45) is 0.117. The van der Waals surface area contributed by atoms with Crippen molar-refractivity contribution in [1.29, 1.82) is 0 Å². The zero-order chi connectivity index (χ0) is 16.8. The van der Waals surface area contributed by atoms with E-state index in [1.54, 1.807) is 18.2 Å². The molecule has 0 aliphatic rings. The molecule has 0 aliphatic carbocycles. The van der Waals surface area contributed by atoms with Gasteiger partial charge in [0.1, 0.15) is 5.82 Å². The number of carbonyl (C=O) groups excluding carboxylic acids is 1. The third-order valence-corrected chi connectivity index (χ3v) is 3.63. The van der Waals surface area contributed by atoms with E-state index in [9.17, 15) is 9.18 Å². The molecule has 2 aromatic carbocycles. The second-order valence-electron chi connectivity index (χ2n) is 4.89. The lowest BCUT2D eigenvalue weighted by atomic mass is 10.1. The Labute approximate surface area is 144 Å². The molecular formula is C16H15ClFN3OS. The summed E-state index contributed by atoms with van der Waals surface area (Å²) in [5.41, 5.74) is 7.45. The minimum Gasteiger partial charge on any atom is -0.331 e. The lowest BCUT2D eigenvalue weighted by molar-refractivity contribution is -0.120. The van der Waals surface area contributed by atoms with Gasteiger partial charge in [-0.2, -0.15) is 0 Å². The molecule has 0 aliphatic heterocycles. The van der Waals surface area contributed by atoms with Gasteiger partial charge in [-0.15, -0.1) is 0 Å². The Kier molecular flexibility index (Phi) is 5.90. The molecule has 0 fully saturated rings. The van der Waals surface area contributed by atoms with Gasteiger partial charge in [-0.25, -0.2) is 4.39 Å². The van der Waals surface area contributed by atoms with E-state index in [4.69, 9.17) is 23.8 Å². The Morgan fingerprint density at radius 2 is 1.87 bits per heavy atom. The quantitative estimate of drug-likeness (QED) is 0.586. The van der Waals surface area contributed by atoms with E-state index in [1.165, 1.54) is 12.1 Å². The van der Waals surface area contributed by atoms with Gasteiger partial charge >= 0.3 is 0 Å². The van der Waals surface area contributed by atoms with Crippen LogP contribution in [0.5, 0.6) is 0 Å². The van der Waals surface area contributed by atoms with Gasteiger partial charge in [0.15, 0.2) is 5.11 Å². The van der Waals surface area contributed by atoms with E-state index in [1.807, 2.05) is 19.1 Å². The van der Waals surface area contributed by atoms with Crippen molar-refractivity contribution >= 4 is 40.5 Å². The normalized spacial score (nSPS) is 10.0. The Morgan fingerprint density at radius 1 is 1.17 bits per heavy atom. The Hall–Kier alpha value is -2.18. The van der Waals surface area contributed by atoms with Gasteiger partial charge in [0.05, 0.1) is 6.42 Å². The summed E-state index contributed by atoms with van der Waals surface area (Å²) in [5.74, 6) is -0.628. The largest absolute Gasteiger partial charge is 0.331 e. The molecular weight excluding hydrogens is 337 g/mol. The van der Waals surface area contributed by atoms with Gasteiger partial charge in [-0.3, -0.25) is 15.6 Å². The first-order chi connectivity index (χ1) is 10.9. The van der Waals surface area contributed by atoms with Crippen molar-refractivity contribution in [3.05, 3.63) is 64.4 Å². The molecule has 2 rings (SSSR count). The Morgan fingerprint density at radius 3 is 2.52 bits per heavy atom. The number of hydrogen-bond acceptors (Lipinski definition) is 2. The molecule has 0 radical (unpaired) electrons. The molecule has 0 spiro atoms. The number of halogens is 2. The maximum Gasteiger partial charge on any atom is 0.242 e. The molecule has 0 atom stereocenters. The van der Waals surface area contributed by atoms with Crippen LogP contribution in [0.2, 0.25) is 5.02 Å². The summed E-state index contributed by atoms with van der Waals surface area (Å²) >= 11 is 11.1. The van der Waals surface area contributed by atoms with E-state index in [0.717, 1.165) is 5.56 Å². The lowest BCUT2D eigenvalue weighted by Crippen LogP contribution is -2.44. The van der Waals surface area contributed by atoms with Gasteiger partial charge in [0.2, 0.25) is 5.91 Å². The van der Waals surface area contributed by atoms with E-state index in [0.29, 0.717) is 16.3 Å². The molecule has 2 aromatic rings. The van der Waals surface area contributed by atoms with Crippen molar-refractivity contribution in [3.8, 4) is 0 Å². The first kappa shape index (κ1) is 17.2. The van der Waals surface area contributed by atoms with Crippen LogP contribution >= 0.6 is 23.8 Å². The number of thiocarbonyl (C=S) groups is 1. The summed E-state index contributed by atoms with van der Waals surface area (Å²) in [5, 5.41) is 3.77. The van der Waals surface area contributed by atoms with Gasteiger partial charge < -0.3 is 5.32 Å². The predicted molar refractivity (Wildman–Crippen MR) is 93.8 cm³/mol. The van der Waals surface area contributed by atoms with Crippen molar-refractivity contribution in [2.45, 2.75) is 13.3 Å². The maximum absolute atomic E-state index is 12.8. The summed E-state index contributed by atoms with van der Waals surface area (Å²) in [6, 6.07) is 11.2. The van der Waals surface area contributed by atoms with Crippen molar-refractivity contribution in [3.63, 3.8) is 0 Å². The molecule has 7 heteroatoms. The van der Waals surface area contributed by atoms with E-state index < -0.39 is 0 Å². The summed E-state index contributed by atoms with van der Waals surface area (Å²) in [6.45, 7) is 1.90. The minimum absolute atomic E-state index is 0.117. The zero-order valence-corrected chi connectivity index (χ0v) is 13.9. The minimum atomic E-state index is -0.339. The smallest absolute Gasteiger partial charge is 0.242 e. The lowest BCUT2D eigenvalue weighted by Gasteiger charge is -2.12. The first-order valence-corrected chi connectivity index (χ1v) is 7.59. The summed E-state index contributed by atoms with van der Waals surface area (Å²) in [4.78, 5) is 11.8. The summed E-state index contributed by atoms with van der Waals surface area (Å²) < 4.78 is 12.8. The molecule has 0 aromatic heterocycles. The average Bonchev–Trinajstić information content (AvgIpc) is 2.51. The number of anilines is 1. The van der Waals surface area contributed by atoms with Crippen molar-refractivity contribution < 1.29 is 9.18 Å². The number of rotatable bonds is 3. The highest BCUT2D eigenvalue weighted by molar-refractivity contribution is 7.80. The van der Waals surface area contributed by atoms with Crippen LogP contribution in [0.1, 0.15) is 11.1 Å². The van der Waals surface area contributed by atoms with Crippen LogP contribution < -0.4 is 16.2 Å². The molecule has 3 N–H and O–H groups in total. The van der Waals surface area contributed by atoms with Crippen LogP contribution in [0.3, 0.4) is 0 Å². The van der Waals surface area contributed by atoms with Crippen molar-refractivity contribution in [1.82, 2.24) is 10.9 Å². The van der Waals surface area contributed by atoms with E-state index >= 15 is 0 Å². The van der Waals surface area contributed by atoms with E-state index in [-0.39, 0.29) is 23.3 Å².